The minimum absolute atomic E-state index is 0.00286. The fraction of sp³-hybridized carbons (Fsp3) is 0.179. The first-order valence-electron chi connectivity index (χ1n) is 11.6. The molecule has 1 aliphatic rings. The van der Waals surface area contributed by atoms with Crippen LogP contribution in [0.25, 0.3) is 10.4 Å². The number of hydrogen-bond acceptors (Lipinski definition) is 7. The molecule has 188 valence electrons. The fourth-order valence-electron chi connectivity index (χ4n) is 4.44. The number of thiophene rings is 1. The van der Waals surface area contributed by atoms with Crippen molar-refractivity contribution < 1.29 is 24.1 Å². The smallest absolute Gasteiger partial charge is 0.284 e. The molecule has 7 nitrogen and oxygen atoms in total. The Bertz CT molecular complexity index is 1470. The van der Waals surface area contributed by atoms with Crippen molar-refractivity contribution in [1.29, 1.82) is 0 Å². The van der Waals surface area contributed by atoms with Crippen molar-refractivity contribution in [1.82, 2.24) is 9.99 Å². The van der Waals surface area contributed by atoms with Crippen LogP contribution in [-0.2, 0) is 18.0 Å². The van der Waals surface area contributed by atoms with E-state index in [1.807, 2.05) is 30.3 Å². The maximum absolute atomic E-state index is 14.9. The van der Waals surface area contributed by atoms with Crippen molar-refractivity contribution in [3.05, 3.63) is 106 Å². The van der Waals surface area contributed by atoms with Crippen LogP contribution in [0.4, 0.5) is 4.39 Å². The van der Waals surface area contributed by atoms with Gasteiger partial charge in [-0.25, -0.2) is 9.40 Å². The number of amides is 1. The van der Waals surface area contributed by atoms with Crippen LogP contribution in [0.1, 0.15) is 44.4 Å². The van der Waals surface area contributed by atoms with Crippen LogP contribution in [0.5, 0.6) is 5.75 Å². The number of aromatic nitrogens is 1. The quantitative estimate of drug-likeness (QED) is 0.348. The van der Waals surface area contributed by atoms with E-state index < -0.39 is 17.8 Å². The number of carbonyl (C=O) groups excluding carboxylic acids is 1. The highest BCUT2D eigenvalue weighted by Crippen LogP contribution is 2.40. The van der Waals surface area contributed by atoms with E-state index in [0.717, 1.165) is 16.0 Å². The predicted octanol–water partition coefficient (Wildman–Crippen LogP) is 5.29. The van der Waals surface area contributed by atoms with Crippen LogP contribution in [0, 0.1) is 5.82 Å². The van der Waals surface area contributed by atoms with Gasteiger partial charge in [-0.05, 0) is 47.0 Å². The van der Waals surface area contributed by atoms with E-state index in [9.17, 15) is 19.4 Å². The Morgan fingerprint density at radius 3 is 2.78 bits per heavy atom. The molecule has 0 saturated heterocycles. The van der Waals surface area contributed by atoms with Gasteiger partial charge in [-0.15, -0.1) is 11.3 Å². The lowest BCUT2D eigenvalue weighted by molar-refractivity contribution is 0.0712. The van der Waals surface area contributed by atoms with E-state index in [1.54, 1.807) is 25.4 Å². The highest BCUT2D eigenvalue weighted by Gasteiger charge is 2.37. The zero-order valence-electron chi connectivity index (χ0n) is 20.0. The van der Waals surface area contributed by atoms with Gasteiger partial charge in [0.1, 0.15) is 11.6 Å². The molecule has 2 aromatic carbocycles. The molecule has 1 unspecified atom stereocenters. The van der Waals surface area contributed by atoms with Crippen molar-refractivity contribution in [2.75, 3.05) is 7.11 Å². The van der Waals surface area contributed by atoms with Gasteiger partial charge in [-0.3, -0.25) is 9.78 Å². The summed E-state index contributed by atoms with van der Waals surface area (Å²) in [6, 6.07) is 16.3. The Hall–Kier alpha value is -3.92. The number of nitrogens with zero attached hydrogens (tertiary/aromatic N) is 3. The Balaban J connectivity index is 1.54. The van der Waals surface area contributed by atoms with Crippen LogP contribution in [0.15, 0.2) is 78.2 Å². The number of aliphatic hydroxyl groups is 1. The number of rotatable bonds is 7. The van der Waals surface area contributed by atoms with Gasteiger partial charge in [0.25, 0.3) is 5.91 Å². The highest BCUT2D eigenvalue weighted by atomic mass is 32.1. The molecule has 9 heteroatoms. The lowest BCUT2D eigenvalue weighted by Crippen LogP contribution is -2.27. The normalized spacial score (nSPS) is 15.2. The summed E-state index contributed by atoms with van der Waals surface area (Å²) in [4.78, 5) is 19.2. The second-order valence-corrected chi connectivity index (χ2v) is 9.67. The summed E-state index contributed by atoms with van der Waals surface area (Å²) in [7, 11) is 1.63. The summed E-state index contributed by atoms with van der Waals surface area (Å²) in [5, 5.41) is 25.8. The lowest BCUT2D eigenvalue weighted by atomic mass is 9.97. The number of pyridine rings is 1. The molecule has 0 aliphatic carbocycles. The van der Waals surface area contributed by atoms with Crippen LogP contribution >= 0.6 is 11.3 Å². The Morgan fingerprint density at radius 2 is 2.00 bits per heavy atom. The summed E-state index contributed by atoms with van der Waals surface area (Å²) < 4.78 is 20.2. The minimum atomic E-state index is -0.854. The molecule has 1 aliphatic heterocycles. The van der Waals surface area contributed by atoms with Crippen molar-refractivity contribution in [3.8, 4) is 16.2 Å². The predicted molar refractivity (Wildman–Crippen MR) is 139 cm³/mol. The zero-order chi connectivity index (χ0) is 25.9. The van der Waals surface area contributed by atoms with Gasteiger partial charge in [-0.1, -0.05) is 30.3 Å². The largest absolute Gasteiger partial charge is 0.507 e. The number of carbonyl (C=O) groups is 1. The number of benzene rings is 2. The number of aromatic hydroxyl groups is 1. The van der Waals surface area contributed by atoms with Crippen LogP contribution in [-0.4, -0.2) is 38.9 Å². The van der Waals surface area contributed by atoms with Crippen molar-refractivity contribution in [3.63, 3.8) is 0 Å². The van der Waals surface area contributed by atoms with E-state index >= 15 is 0 Å². The molecule has 3 heterocycles. The molecule has 4 aromatic rings. The topological polar surface area (TPSA) is 95.2 Å². The number of phenolic OH excluding ortho intramolecular Hbond substituents is 1. The molecule has 1 atom stereocenters. The SMILES string of the molecule is COCc1ccccc1-c1ccc(C(=O)N2N=C(c3cncc(CO)c3)CC2c2c(O)cccc2F)s1. The first-order chi connectivity index (χ1) is 18.0. The standard InChI is InChI=1S/C28H24FN3O4S/c1-36-16-18-5-2-3-6-20(18)25-9-10-26(37-25)28(35)32-23(27-21(29)7-4-8-24(27)34)12-22(31-32)19-11-17(15-33)13-30-14-19/h2-11,13-14,23,33-34H,12,15-16H2,1H3. The van der Waals surface area contributed by atoms with Gasteiger partial charge in [0, 0.05) is 36.4 Å². The summed E-state index contributed by atoms with van der Waals surface area (Å²) in [6.45, 7) is 0.240. The monoisotopic (exact) mass is 517 g/mol. The van der Waals surface area contributed by atoms with Crippen molar-refractivity contribution >= 4 is 23.0 Å². The third kappa shape index (κ3) is 4.89. The Kier molecular flexibility index (Phi) is 7.09. The van der Waals surface area contributed by atoms with Gasteiger partial charge < -0.3 is 14.9 Å². The fourth-order valence-corrected chi connectivity index (χ4v) is 5.44. The van der Waals surface area contributed by atoms with E-state index in [0.29, 0.717) is 28.3 Å². The molecule has 0 saturated carbocycles. The molecule has 37 heavy (non-hydrogen) atoms. The highest BCUT2D eigenvalue weighted by molar-refractivity contribution is 7.17. The minimum Gasteiger partial charge on any atom is -0.507 e. The van der Waals surface area contributed by atoms with Crippen LogP contribution in [0.3, 0.4) is 0 Å². The first-order valence-corrected chi connectivity index (χ1v) is 12.4. The van der Waals surface area contributed by atoms with E-state index in [1.165, 1.54) is 40.7 Å². The van der Waals surface area contributed by atoms with Crippen molar-refractivity contribution in [2.24, 2.45) is 5.10 Å². The maximum atomic E-state index is 14.9. The molecule has 0 fully saturated rings. The average molecular weight is 518 g/mol. The number of ether oxygens (including phenoxy) is 1. The number of hydrogen-bond donors (Lipinski definition) is 2. The Labute approximate surface area is 217 Å². The summed E-state index contributed by atoms with van der Waals surface area (Å²) >= 11 is 1.31. The number of aliphatic hydroxyl groups excluding tert-OH is 1. The zero-order valence-corrected chi connectivity index (χ0v) is 20.8. The molecule has 0 radical (unpaired) electrons. The van der Waals surface area contributed by atoms with Crippen molar-refractivity contribution in [2.45, 2.75) is 25.7 Å². The van der Waals surface area contributed by atoms with Gasteiger partial charge in [-0.2, -0.15) is 5.10 Å². The summed E-state index contributed by atoms with van der Waals surface area (Å²) in [6.07, 6.45) is 3.29. The molecular formula is C28H24FN3O4S. The first kappa shape index (κ1) is 24.8. The second kappa shape index (κ2) is 10.6. The molecule has 1 amide bonds. The molecule has 5 rings (SSSR count). The third-order valence-electron chi connectivity index (χ3n) is 6.19. The van der Waals surface area contributed by atoms with Gasteiger partial charge in [0.05, 0.1) is 35.4 Å². The van der Waals surface area contributed by atoms with Crippen LogP contribution in [0.2, 0.25) is 0 Å². The number of hydrazone groups is 1. The van der Waals surface area contributed by atoms with Crippen LogP contribution < -0.4 is 0 Å². The molecule has 2 N–H and O–H groups in total. The van der Waals surface area contributed by atoms with E-state index in [-0.39, 0.29) is 24.3 Å². The molecule has 0 spiro atoms. The Morgan fingerprint density at radius 1 is 1.16 bits per heavy atom. The maximum Gasteiger partial charge on any atom is 0.284 e. The summed E-state index contributed by atoms with van der Waals surface area (Å²) in [5.74, 6) is -1.28. The molecule has 0 bridgehead atoms. The van der Waals surface area contributed by atoms with E-state index in [2.05, 4.69) is 10.1 Å². The molecular weight excluding hydrogens is 493 g/mol. The molecule has 2 aromatic heterocycles. The lowest BCUT2D eigenvalue weighted by Gasteiger charge is -2.22. The van der Waals surface area contributed by atoms with Gasteiger partial charge in [0.2, 0.25) is 0 Å². The summed E-state index contributed by atoms with van der Waals surface area (Å²) in [5.41, 5.74) is 3.68. The van der Waals surface area contributed by atoms with E-state index in [4.69, 9.17) is 4.74 Å². The second-order valence-electron chi connectivity index (χ2n) is 8.58. The number of methoxy groups -OCH3 is 1. The van der Waals surface area contributed by atoms with Gasteiger partial charge >= 0.3 is 0 Å². The number of halogens is 1. The average Bonchev–Trinajstić information content (AvgIpc) is 3.57. The van der Waals surface area contributed by atoms with Gasteiger partial charge in [0.15, 0.2) is 0 Å². The third-order valence-corrected chi connectivity index (χ3v) is 7.30. The number of phenols is 1.